The zero-order valence-corrected chi connectivity index (χ0v) is 12.1. The molecule has 0 heterocycles. The number of rotatable bonds is 5. The fourth-order valence-corrected chi connectivity index (χ4v) is 1.85. The van der Waals surface area contributed by atoms with Crippen LogP contribution in [0.25, 0.3) is 0 Å². The minimum atomic E-state index is -3.68. The highest BCUT2D eigenvalue weighted by molar-refractivity contribution is 7.89. The van der Waals surface area contributed by atoms with Crippen LogP contribution in [0.3, 0.4) is 0 Å². The molecule has 1 rings (SSSR count). The van der Waals surface area contributed by atoms with Crippen LogP contribution in [0, 0.1) is 11.8 Å². The van der Waals surface area contributed by atoms with Gasteiger partial charge in [0.05, 0.1) is 10.8 Å². The molecule has 0 aliphatic rings. The van der Waals surface area contributed by atoms with Gasteiger partial charge in [-0.2, -0.15) is 0 Å². The van der Waals surface area contributed by atoms with E-state index in [-0.39, 0.29) is 29.3 Å². The fourth-order valence-electron chi connectivity index (χ4n) is 1.33. The Morgan fingerprint density at radius 2 is 1.74 bits per heavy atom. The number of hydrogen-bond acceptors (Lipinski definition) is 4. The van der Waals surface area contributed by atoms with Crippen molar-refractivity contribution >= 4 is 16.0 Å². The van der Waals surface area contributed by atoms with Gasteiger partial charge in [0.2, 0.25) is 10.0 Å². The van der Waals surface area contributed by atoms with Crippen molar-refractivity contribution in [1.82, 2.24) is 0 Å². The van der Waals surface area contributed by atoms with Gasteiger partial charge < -0.3 is 4.74 Å². The molecule has 106 valence electrons. The quantitative estimate of drug-likeness (QED) is 0.834. The van der Waals surface area contributed by atoms with Crippen molar-refractivity contribution in [1.29, 1.82) is 0 Å². The lowest BCUT2D eigenvalue weighted by Gasteiger charge is -2.14. The Balaban J connectivity index is 2.63. The maximum absolute atomic E-state index is 11.6. The summed E-state index contributed by atoms with van der Waals surface area (Å²) >= 11 is 0. The summed E-state index contributed by atoms with van der Waals surface area (Å²) in [6.45, 7) is 5.84. The monoisotopic (exact) mass is 285 g/mol. The number of benzene rings is 1. The van der Waals surface area contributed by atoms with Crippen LogP contribution >= 0.6 is 0 Å². The third kappa shape index (κ3) is 4.65. The number of carbonyl (C=O) groups excluding carboxylic acids is 1. The predicted molar refractivity (Wildman–Crippen MR) is 71.6 cm³/mol. The van der Waals surface area contributed by atoms with Gasteiger partial charge in [-0.15, -0.1) is 0 Å². The van der Waals surface area contributed by atoms with Crippen LogP contribution in [-0.4, -0.2) is 14.4 Å². The summed E-state index contributed by atoms with van der Waals surface area (Å²) in [6, 6.07) is 5.94. The Kier molecular flexibility index (Phi) is 5.08. The van der Waals surface area contributed by atoms with E-state index < -0.39 is 10.0 Å². The Hall–Kier alpha value is -1.40. The van der Waals surface area contributed by atoms with E-state index >= 15 is 0 Å². The number of nitrogens with two attached hydrogens (primary N) is 1. The van der Waals surface area contributed by atoms with Crippen LogP contribution in [0.4, 0.5) is 0 Å². The Bertz CT molecular complexity index is 534. The molecule has 5 nitrogen and oxygen atoms in total. The van der Waals surface area contributed by atoms with Crippen molar-refractivity contribution in [2.24, 2.45) is 17.0 Å². The fraction of sp³-hybridized carbons (Fsp3) is 0.462. The standard InChI is InChI=1S/C13H19NO4S/c1-9(2)10(3)13(15)18-8-11-4-6-12(7-5-11)19(14,16)17/h4-7,9-10H,8H2,1-3H3,(H2,14,16,17)/t10-/m0/s1. The maximum atomic E-state index is 11.6. The van der Waals surface area contributed by atoms with Crippen LogP contribution in [0.1, 0.15) is 26.3 Å². The molecule has 0 aromatic heterocycles. The number of carbonyl (C=O) groups is 1. The van der Waals surface area contributed by atoms with Crippen molar-refractivity contribution in [2.75, 3.05) is 0 Å². The number of sulfonamides is 1. The lowest BCUT2D eigenvalue weighted by atomic mass is 9.99. The highest BCUT2D eigenvalue weighted by atomic mass is 32.2. The molecule has 0 saturated carbocycles. The number of primary sulfonamides is 1. The van der Waals surface area contributed by atoms with Gasteiger partial charge in [0.1, 0.15) is 6.61 Å². The van der Waals surface area contributed by atoms with Gasteiger partial charge in [0.25, 0.3) is 0 Å². The first-order chi connectivity index (χ1) is 8.71. The molecule has 19 heavy (non-hydrogen) atoms. The molecule has 0 fully saturated rings. The number of esters is 1. The molecule has 0 saturated heterocycles. The smallest absolute Gasteiger partial charge is 0.309 e. The summed E-state index contributed by atoms with van der Waals surface area (Å²) in [5, 5.41) is 4.99. The SMILES string of the molecule is CC(C)[C@H](C)C(=O)OCc1ccc(S(N)(=O)=O)cc1. The third-order valence-corrected chi connectivity index (χ3v) is 3.93. The Labute approximate surface area is 113 Å². The highest BCUT2D eigenvalue weighted by Gasteiger charge is 2.18. The zero-order chi connectivity index (χ0) is 14.6. The molecule has 1 aromatic rings. The largest absolute Gasteiger partial charge is 0.461 e. The molecule has 0 aliphatic carbocycles. The first-order valence-electron chi connectivity index (χ1n) is 6.00. The molecule has 0 radical (unpaired) electrons. The normalized spacial score (nSPS) is 13.3. The molecule has 6 heteroatoms. The lowest BCUT2D eigenvalue weighted by molar-refractivity contribution is -0.150. The van der Waals surface area contributed by atoms with Gasteiger partial charge in [0, 0.05) is 0 Å². The van der Waals surface area contributed by atoms with Crippen molar-refractivity contribution in [2.45, 2.75) is 32.3 Å². The van der Waals surface area contributed by atoms with E-state index in [4.69, 9.17) is 9.88 Å². The van der Waals surface area contributed by atoms with E-state index in [1.807, 2.05) is 20.8 Å². The molecule has 0 aliphatic heterocycles. The van der Waals surface area contributed by atoms with Crippen molar-refractivity contribution < 1.29 is 17.9 Å². The topological polar surface area (TPSA) is 86.5 Å². The van der Waals surface area contributed by atoms with Crippen LogP contribution in [0.2, 0.25) is 0 Å². The molecule has 2 N–H and O–H groups in total. The molecule has 0 bridgehead atoms. The number of ether oxygens (including phenoxy) is 1. The summed E-state index contributed by atoms with van der Waals surface area (Å²) in [6.07, 6.45) is 0. The van der Waals surface area contributed by atoms with Crippen LogP contribution in [-0.2, 0) is 26.2 Å². The minimum Gasteiger partial charge on any atom is -0.461 e. The molecule has 0 unspecified atom stereocenters. The first-order valence-corrected chi connectivity index (χ1v) is 7.55. The second-order valence-corrected chi connectivity index (χ2v) is 6.39. The summed E-state index contributed by atoms with van der Waals surface area (Å²) in [5.74, 6) is -0.202. The summed E-state index contributed by atoms with van der Waals surface area (Å²) in [7, 11) is -3.68. The Morgan fingerprint density at radius 3 is 2.16 bits per heavy atom. The molecular formula is C13H19NO4S. The van der Waals surface area contributed by atoms with Gasteiger partial charge in [-0.3, -0.25) is 4.79 Å². The zero-order valence-electron chi connectivity index (χ0n) is 11.3. The Morgan fingerprint density at radius 1 is 1.21 bits per heavy atom. The predicted octanol–water partition coefficient (Wildman–Crippen LogP) is 1.67. The van der Waals surface area contributed by atoms with E-state index in [1.54, 1.807) is 12.1 Å². The first kappa shape index (κ1) is 15.7. The van der Waals surface area contributed by atoms with E-state index in [0.717, 1.165) is 5.56 Å². The van der Waals surface area contributed by atoms with Crippen molar-refractivity contribution in [3.8, 4) is 0 Å². The average Bonchev–Trinajstić information content (AvgIpc) is 2.34. The molecule has 0 spiro atoms. The van der Waals surface area contributed by atoms with Gasteiger partial charge in [-0.1, -0.05) is 32.9 Å². The highest BCUT2D eigenvalue weighted by Crippen LogP contribution is 2.14. The maximum Gasteiger partial charge on any atom is 0.309 e. The van der Waals surface area contributed by atoms with Gasteiger partial charge in [-0.05, 0) is 23.6 Å². The second kappa shape index (κ2) is 6.16. The van der Waals surface area contributed by atoms with Gasteiger partial charge in [-0.25, -0.2) is 13.6 Å². The minimum absolute atomic E-state index is 0.0399. The number of hydrogen-bond donors (Lipinski definition) is 1. The van der Waals surface area contributed by atoms with E-state index in [2.05, 4.69) is 0 Å². The third-order valence-electron chi connectivity index (χ3n) is 3.00. The van der Waals surface area contributed by atoms with Gasteiger partial charge in [0.15, 0.2) is 0 Å². The van der Waals surface area contributed by atoms with Gasteiger partial charge >= 0.3 is 5.97 Å². The molecule has 0 amide bonds. The molecular weight excluding hydrogens is 266 g/mol. The second-order valence-electron chi connectivity index (χ2n) is 4.83. The summed E-state index contributed by atoms with van der Waals surface area (Å²) < 4.78 is 27.3. The summed E-state index contributed by atoms with van der Waals surface area (Å²) in [4.78, 5) is 11.7. The lowest BCUT2D eigenvalue weighted by Crippen LogP contribution is -2.19. The van der Waals surface area contributed by atoms with Crippen LogP contribution in [0.15, 0.2) is 29.2 Å². The van der Waals surface area contributed by atoms with E-state index in [9.17, 15) is 13.2 Å². The van der Waals surface area contributed by atoms with Crippen LogP contribution < -0.4 is 5.14 Å². The van der Waals surface area contributed by atoms with E-state index in [0.29, 0.717) is 0 Å². The average molecular weight is 285 g/mol. The van der Waals surface area contributed by atoms with Crippen molar-refractivity contribution in [3.05, 3.63) is 29.8 Å². The van der Waals surface area contributed by atoms with Crippen LogP contribution in [0.5, 0.6) is 0 Å². The van der Waals surface area contributed by atoms with E-state index in [1.165, 1.54) is 12.1 Å². The molecule has 1 aromatic carbocycles. The molecule has 1 atom stereocenters. The van der Waals surface area contributed by atoms with Crippen molar-refractivity contribution in [3.63, 3.8) is 0 Å². The summed E-state index contributed by atoms with van der Waals surface area (Å²) in [5.41, 5.74) is 0.719.